The van der Waals surface area contributed by atoms with E-state index in [4.69, 9.17) is 0 Å². The fourth-order valence-electron chi connectivity index (χ4n) is 4.20. The molecule has 0 aliphatic heterocycles. The number of H-pyrrole nitrogens is 1. The van der Waals surface area contributed by atoms with Crippen LogP contribution in [0.25, 0.3) is 44.3 Å². The number of aromatic nitrogens is 3. The summed E-state index contributed by atoms with van der Waals surface area (Å²) < 4.78 is 6.60. The van der Waals surface area contributed by atoms with Gasteiger partial charge in [0.05, 0.1) is 11.7 Å². The van der Waals surface area contributed by atoms with Crippen molar-refractivity contribution in [3.05, 3.63) is 100 Å². The molecule has 0 radical (unpaired) electrons. The molecule has 0 bridgehead atoms. The van der Waals surface area contributed by atoms with E-state index < -0.39 is 0 Å². The smallest absolute Gasteiger partial charge is 0.254 e. The first-order valence-electron chi connectivity index (χ1n) is 9.67. The molecular weight excluding hydrogens is 502 g/mol. The lowest BCUT2D eigenvalue weighted by atomic mass is 10.1. The van der Waals surface area contributed by atoms with E-state index in [9.17, 15) is 0 Å². The highest BCUT2D eigenvalue weighted by Crippen LogP contribution is 2.34. The molecule has 0 fully saturated rings. The van der Waals surface area contributed by atoms with Crippen molar-refractivity contribution in [2.45, 2.75) is 0 Å². The van der Waals surface area contributed by atoms with Crippen LogP contribution >= 0.6 is 31.9 Å². The summed E-state index contributed by atoms with van der Waals surface area (Å²) in [6.45, 7) is 0. The number of imidazole rings is 1. The summed E-state index contributed by atoms with van der Waals surface area (Å²) in [5, 5.41) is 2.48. The number of nitrogens with one attached hydrogen (secondary N) is 1. The topological polar surface area (TPSA) is 24.8 Å². The van der Waals surface area contributed by atoms with E-state index in [2.05, 4.69) is 137 Å². The minimum Gasteiger partial charge on any atom is -0.351 e. The first kappa shape index (κ1) is 17.9. The Balaban J connectivity index is 1.77. The second-order valence-electron chi connectivity index (χ2n) is 7.35. The van der Waals surface area contributed by atoms with Crippen LogP contribution in [0.15, 0.2) is 100 Å². The zero-order chi connectivity index (χ0) is 20.2. The Morgan fingerprint density at radius 2 is 1.43 bits per heavy atom. The van der Waals surface area contributed by atoms with Gasteiger partial charge in [0.25, 0.3) is 6.33 Å². The van der Waals surface area contributed by atoms with Gasteiger partial charge in [0.15, 0.2) is 5.69 Å². The summed E-state index contributed by atoms with van der Waals surface area (Å²) in [5.74, 6) is 0. The third-order valence-electron chi connectivity index (χ3n) is 5.57. The van der Waals surface area contributed by atoms with Crippen LogP contribution in [0.4, 0.5) is 0 Å². The van der Waals surface area contributed by atoms with Gasteiger partial charge < -0.3 is 4.98 Å². The highest BCUT2D eigenvalue weighted by molar-refractivity contribution is 9.10. The summed E-state index contributed by atoms with van der Waals surface area (Å²) in [7, 11) is 0. The molecule has 0 amide bonds. The van der Waals surface area contributed by atoms with E-state index in [-0.39, 0.29) is 0 Å². The monoisotopic (exact) mass is 516 g/mol. The van der Waals surface area contributed by atoms with Gasteiger partial charge in [0.1, 0.15) is 5.69 Å². The molecule has 3 aromatic heterocycles. The van der Waals surface area contributed by atoms with Crippen LogP contribution in [-0.4, -0.2) is 9.55 Å². The molecule has 1 N–H and O–H groups in total. The van der Waals surface area contributed by atoms with Gasteiger partial charge in [0.2, 0.25) is 5.52 Å². The van der Waals surface area contributed by atoms with E-state index in [1.54, 1.807) is 0 Å². The molecule has 0 saturated carbocycles. The molecule has 0 atom stereocenters. The maximum absolute atomic E-state index is 3.67. The fourth-order valence-corrected chi connectivity index (χ4v) is 4.72. The van der Waals surface area contributed by atoms with E-state index >= 15 is 0 Å². The highest BCUT2D eigenvalue weighted by Gasteiger charge is 2.24. The lowest BCUT2D eigenvalue weighted by Crippen LogP contribution is -2.17. The zero-order valence-corrected chi connectivity index (χ0v) is 19.0. The lowest BCUT2D eigenvalue weighted by molar-refractivity contribution is -0.510. The van der Waals surface area contributed by atoms with Gasteiger partial charge >= 0.3 is 0 Å². The van der Waals surface area contributed by atoms with Gasteiger partial charge in [-0.1, -0.05) is 50.1 Å². The Morgan fingerprint density at radius 3 is 2.20 bits per heavy atom. The van der Waals surface area contributed by atoms with Gasteiger partial charge in [-0.2, -0.15) is 8.97 Å². The van der Waals surface area contributed by atoms with Gasteiger partial charge in [-0.3, -0.25) is 0 Å². The number of hydrogen-bond donors (Lipinski definition) is 1. The largest absolute Gasteiger partial charge is 0.351 e. The molecule has 6 rings (SSSR count). The van der Waals surface area contributed by atoms with Gasteiger partial charge in [-0.15, -0.1) is 0 Å². The Labute approximate surface area is 189 Å². The number of para-hydroxylation sites is 1. The fraction of sp³-hybridized carbons (Fsp3) is 0. The second-order valence-corrected chi connectivity index (χ2v) is 9.18. The van der Waals surface area contributed by atoms with Crippen LogP contribution < -0.4 is 4.40 Å². The van der Waals surface area contributed by atoms with E-state index in [0.29, 0.717) is 0 Å². The molecule has 3 aromatic carbocycles. The van der Waals surface area contributed by atoms with Crippen molar-refractivity contribution < 1.29 is 4.40 Å². The number of aromatic amines is 1. The molecule has 3 nitrogen and oxygen atoms in total. The van der Waals surface area contributed by atoms with Gasteiger partial charge in [0, 0.05) is 30.8 Å². The number of halogens is 2. The van der Waals surface area contributed by atoms with Crippen LogP contribution in [0.2, 0.25) is 0 Å². The first-order chi connectivity index (χ1) is 14.7. The number of benzene rings is 3. The van der Waals surface area contributed by atoms with Crippen molar-refractivity contribution in [2.75, 3.05) is 0 Å². The summed E-state index contributed by atoms with van der Waals surface area (Å²) in [6.07, 6.45) is 4.30. The Morgan fingerprint density at radius 1 is 0.733 bits per heavy atom. The molecule has 0 spiro atoms. The molecular formula is C25H16Br2N3+. The SMILES string of the molecule is Brc1ccc(-c2c3c4[nH]c5ccccc5c4cc[n+]3cn2-c2ccc(Br)cc2)cc1. The molecule has 0 unspecified atom stereocenters. The predicted octanol–water partition coefficient (Wildman–Crippen LogP) is 7.04. The molecule has 3 heterocycles. The first-order valence-corrected chi connectivity index (χ1v) is 11.3. The lowest BCUT2D eigenvalue weighted by Gasteiger charge is -2.03. The average Bonchev–Trinajstić information content (AvgIpc) is 3.33. The van der Waals surface area contributed by atoms with E-state index in [1.807, 2.05) is 0 Å². The van der Waals surface area contributed by atoms with Crippen molar-refractivity contribution >= 4 is 59.2 Å². The maximum Gasteiger partial charge on any atom is 0.254 e. The number of pyridine rings is 1. The molecule has 30 heavy (non-hydrogen) atoms. The molecule has 0 saturated heterocycles. The zero-order valence-electron chi connectivity index (χ0n) is 15.8. The standard InChI is InChI=1S/C25H16Br2N3/c26-17-7-5-16(6-8-17)24-25-23-21(20-3-1-2-4-22(20)28-23)13-14-29(25)15-30(24)19-11-9-18(27)10-12-19/h1-15,28H/q+1. The maximum atomic E-state index is 3.67. The molecule has 0 aliphatic rings. The summed E-state index contributed by atoms with van der Waals surface area (Å²) in [6, 6.07) is 27.6. The minimum atomic E-state index is 1.07. The predicted molar refractivity (Wildman–Crippen MR) is 129 cm³/mol. The van der Waals surface area contributed by atoms with Crippen molar-refractivity contribution in [3.63, 3.8) is 0 Å². The minimum absolute atomic E-state index is 1.07. The van der Waals surface area contributed by atoms with Crippen LogP contribution in [0.1, 0.15) is 0 Å². The molecule has 0 aliphatic carbocycles. The quantitative estimate of drug-likeness (QED) is 0.238. The number of rotatable bonds is 2. The van der Waals surface area contributed by atoms with Crippen molar-refractivity contribution in [2.24, 2.45) is 0 Å². The summed E-state index contributed by atoms with van der Waals surface area (Å²) in [5.41, 5.74) is 6.89. The Hall–Kier alpha value is -2.89. The summed E-state index contributed by atoms with van der Waals surface area (Å²) in [4.78, 5) is 3.67. The second kappa shape index (κ2) is 6.83. The highest BCUT2D eigenvalue weighted by atomic mass is 79.9. The van der Waals surface area contributed by atoms with Gasteiger partial charge in [-0.05, 0) is 60.7 Å². The number of nitrogens with zero attached hydrogens (tertiary/aromatic N) is 2. The van der Waals surface area contributed by atoms with Crippen molar-refractivity contribution in [3.8, 4) is 16.9 Å². The van der Waals surface area contributed by atoms with Gasteiger partial charge in [-0.25, -0.2) is 0 Å². The van der Waals surface area contributed by atoms with Crippen LogP contribution in [0, 0.1) is 0 Å². The van der Waals surface area contributed by atoms with Crippen LogP contribution in [-0.2, 0) is 0 Å². The van der Waals surface area contributed by atoms with Crippen LogP contribution in [0.3, 0.4) is 0 Å². The summed E-state index contributed by atoms with van der Waals surface area (Å²) >= 11 is 7.12. The molecule has 5 heteroatoms. The van der Waals surface area contributed by atoms with E-state index in [0.717, 1.165) is 42.4 Å². The Bertz CT molecular complexity index is 1540. The Kier molecular flexibility index (Phi) is 4.08. The average molecular weight is 518 g/mol. The number of fused-ring (bicyclic) bond motifs is 5. The number of hydrogen-bond acceptors (Lipinski definition) is 0. The third-order valence-corrected chi connectivity index (χ3v) is 6.63. The van der Waals surface area contributed by atoms with Crippen LogP contribution in [0.5, 0.6) is 0 Å². The van der Waals surface area contributed by atoms with E-state index in [1.165, 1.54) is 10.8 Å². The normalized spacial score (nSPS) is 11.7. The molecule has 144 valence electrons. The van der Waals surface area contributed by atoms with Crippen molar-refractivity contribution in [1.29, 1.82) is 0 Å². The third kappa shape index (κ3) is 2.73. The van der Waals surface area contributed by atoms with Crippen molar-refractivity contribution in [1.82, 2.24) is 9.55 Å². The molecule has 6 aromatic rings.